The number of benzene rings is 3. The largest absolute Gasteiger partial charge is 0.441 e. The predicted octanol–water partition coefficient (Wildman–Crippen LogP) is 6.44. The van der Waals surface area contributed by atoms with Crippen molar-refractivity contribution in [1.29, 1.82) is 0 Å². The van der Waals surface area contributed by atoms with Crippen LogP contribution in [0.25, 0.3) is 0 Å². The molecule has 1 N–H and O–H groups in total. The summed E-state index contributed by atoms with van der Waals surface area (Å²) in [5.41, 5.74) is 1.68. The third-order valence-corrected chi connectivity index (χ3v) is 5.91. The van der Waals surface area contributed by atoms with Gasteiger partial charge < -0.3 is 9.84 Å². The Morgan fingerprint density at radius 2 is 1.56 bits per heavy atom. The van der Waals surface area contributed by atoms with Crippen LogP contribution in [-0.4, -0.2) is 6.66 Å². The topological polar surface area (TPSA) is 38.3 Å². The van der Waals surface area contributed by atoms with Crippen LogP contribution in [0.2, 0.25) is 5.02 Å². The molecule has 128 valence electrons. The lowest BCUT2D eigenvalue weighted by Crippen LogP contribution is -2.14. The average molecular weight is 372 g/mol. The van der Waals surface area contributed by atoms with Crippen LogP contribution < -0.4 is 9.84 Å². The third kappa shape index (κ3) is 4.66. The van der Waals surface area contributed by atoms with E-state index < -0.39 is 13.2 Å². The van der Waals surface area contributed by atoms with Crippen molar-refractivity contribution >= 4 is 24.7 Å². The molecule has 0 saturated heterocycles. The van der Waals surface area contributed by atoms with Gasteiger partial charge in [-0.3, -0.25) is 4.57 Å². The number of nitrogens with one attached hydrogen (secondary N) is 1. The van der Waals surface area contributed by atoms with Gasteiger partial charge >= 0.3 is 0 Å². The number of hydrogen-bond donors (Lipinski definition) is 1. The molecule has 0 fully saturated rings. The van der Waals surface area contributed by atoms with Crippen molar-refractivity contribution in [3.8, 4) is 5.75 Å². The number of hydrogen-bond acceptors (Lipinski definition) is 3. The number of anilines is 1. The third-order valence-electron chi connectivity index (χ3n) is 3.74. The van der Waals surface area contributed by atoms with Gasteiger partial charge in [-0.2, -0.15) is 0 Å². The van der Waals surface area contributed by atoms with E-state index in [1.807, 2.05) is 66.7 Å². The van der Waals surface area contributed by atoms with Gasteiger partial charge in [-0.1, -0.05) is 60.1 Å². The zero-order valence-corrected chi connectivity index (χ0v) is 15.5. The van der Waals surface area contributed by atoms with Crippen molar-refractivity contribution in [2.24, 2.45) is 0 Å². The first-order valence-electron chi connectivity index (χ1n) is 7.93. The van der Waals surface area contributed by atoms with Crippen LogP contribution in [0.1, 0.15) is 11.3 Å². The molecule has 3 nitrogen and oxygen atoms in total. The van der Waals surface area contributed by atoms with Crippen LogP contribution in [0.3, 0.4) is 0 Å². The van der Waals surface area contributed by atoms with Gasteiger partial charge in [0, 0.05) is 17.4 Å². The van der Waals surface area contributed by atoms with E-state index in [1.165, 1.54) is 0 Å². The van der Waals surface area contributed by atoms with E-state index in [4.69, 9.17) is 16.1 Å². The van der Waals surface area contributed by atoms with E-state index in [0.29, 0.717) is 10.8 Å². The highest BCUT2D eigenvalue weighted by Gasteiger charge is 2.32. The molecule has 0 aliphatic carbocycles. The van der Waals surface area contributed by atoms with Crippen LogP contribution in [0.4, 0.5) is 5.69 Å². The molecule has 0 aromatic heterocycles. The van der Waals surface area contributed by atoms with Crippen molar-refractivity contribution in [1.82, 2.24) is 0 Å². The highest BCUT2D eigenvalue weighted by Crippen LogP contribution is 2.56. The summed E-state index contributed by atoms with van der Waals surface area (Å²) < 4.78 is 19.4. The van der Waals surface area contributed by atoms with Crippen LogP contribution in [0.5, 0.6) is 5.75 Å². The fraction of sp³-hybridized carbons (Fsp3) is 0.100. The van der Waals surface area contributed by atoms with E-state index in [9.17, 15) is 4.57 Å². The van der Waals surface area contributed by atoms with Crippen molar-refractivity contribution < 1.29 is 9.09 Å². The molecule has 2 unspecified atom stereocenters. The Morgan fingerprint density at radius 1 is 0.920 bits per heavy atom. The summed E-state index contributed by atoms with van der Waals surface area (Å²) in [5.74, 6) is 0.0593. The van der Waals surface area contributed by atoms with Crippen LogP contribution in [0.15, 0.2) is 84.9 Å². The normalized spacial score (nSPS) is 14.3. The second-order valence-electron chi connectivity index (χ2n) is 5.78. The molecule has 3 rings (SSSR count). The summed E-state index contributed by atoms with van der Waals surface area (Å²) >= 11 is 6.14. The maximum Gasteiger partial charge on any atom is 0.270 e. The van der Waals surface area contributed by atoms with E-state index in [2.05, 4.69) is 5.32 Å². The lowest BCUT2D eigenvalue weighted by molar-refractivity contribution is 0.479. The smallest absolute Gasteiger partial charge is 0.270 e. The van der Waals surface area contributed by atoms with Gasteiger partial charge in [-0.15, -0.1) is 0 Å². The van der Waals surface area contributed by atoms with Crippen LogP contribution in [-0.2, 0) is 4.57 Å². The van der Waals surface area contributed by atoms with Gasteiger partial charge in [0.25, 0.3) is 7.37 Å². The summed E-state index contributed by atoms with van der Waals surface area (Å²) in [6.45, 7) is 1.64. The van der Waals surface area contributed by atoms with Gasteiger partial charge in [0.05, 0.1) is 0 Å². The van der Waals surface area contributed by atoms with E-state index >= 15 is 0 Å². The number of rotatable bonds is 6. The fourth-order valence-corrected chi connectivity index (χ4v) is 4.51. The minimum atomic E-state index is -3.10. The average Bonchev–Trinajstić information content (AvgIpc) is 2.61. The fourth-order valence-electron chi connectivity index (χ4n) is 2.58. The molecule has 0 bridgehead atoms. The monoisotopic (exact) mass is 371 g/mol. The highest BCUT2D eigenvalue weighted by atomic mass is 35.5. The van der Waals surface area contributed by atoms with Crippen molar-refractivity contribution in [3.05, 3.63) is 95.5 Å². The standard InChI is InChI=1S/C20H19ClNO2P/c1-25(23,24-19-13-6-3-7-14-19)20(16-9-8-10-17(21)15-16)22-18-11-4-2-5-12-18/h2-15,20,22H,1H3. The molecule has 0 radical (unpaired) electrons. The summed E-state index contributed by atoms with van der Waals surface area (Å²) in [7, 11) is -3.10. The zero-order valence-electron chi connectivity index (χ0n) is 13.8. The molecule has 0 aliphatic rings. The lowest BCUT2D eigenvalue weighted by atomic mass is 10.2. The molecule has 0 aliphatic heterocycles. The van der Waals surface area contributed by atoms with Gasteiger partial charge in [0.1, 0.15) is 11.5 Å². The van der Waals surface area contributed by atoms with Crippen molar-refractivity contribution in [2.45, 2.75) is 5.78 Å². The minimum absolute atomic E-state index is 0.520. The maximum absolute atomic E-state index is 13.5. The first-order chi connectivity index (χ1) is 12.0. The molecular weight excluding hydrogens is 353 g/mol. The molecule has 2 atom stereocenters. The maximum atomic E-state index is 13.5. The van der Waals surface area contributed by atoms with Crippen LogP contribution >= 0.6 is 19.0 Å². The Hall–Kier alpha value is -2.22. The van der Waals surface area contributed by atoms with Gasteiger partial charge in [-0.25, -0.2) is 0 Å². The molecule has 0 saturated carbocycles. The molecule has 0 spiro atoms. The first-order valence-corrected chi connectivity index (χ1v) is 10.5. The Labute approximate surface area is 153 Å². The minimum Gasteiger partial charge on any atom is -0.441 e. The predicted molar refractivity (Wildman–Crippen MR) is 105 cm³/mol. The Kier molecular flexibility index (Phi) is 5.47. The molecule has 25 heavy (non-hydrogen) atoms. The van der Waals surface area contributed by atoms with Gasteiger partial charge in [-0.05, 0) is 42.0 Å². The summed E-state index contributed by atoms with van der Waals surface area (Å²) in [6.07, 6.45) is 0. The molecule has 5 heteroatoms. The quantitative estimate of drug-likeness (QED) is 0.507. The van der Waals surface area contributed by atoms with Crippen LogP contribution in [0, 0.1) is 0 Å². The van der Waals surface area contributed by atoms with E-state index in [1.54, 1.807) is 24.9 Å². The molecule has 0 heterocycles. The van der Waals surface area contributed by atoms with Crippen molar-refractivity contribution in [2.75, 3.05) is 12.0 Å². The molecule has 3 aromatic rings. The molecule has 0 amide bonds. The zero-order chi connectivity index (χ0) is 17.7. The van der Waals surface area contributed by atoms with E-state index in [0.717, 1.165) is 11.3 Å². The van der Waals surface area contributed by atoms with Gasteiger partial charge in [0.2, 0.25) is 0 Å². The summed E-state index contributed by atoms with van der Waals surface area (Å²) in [6, 6.07) is 26.2. The highest BCUT2D eigenvalue weighted by molar-refractivity contribution is 7.59. The second kappa shape index (κ2) is 7.77. The van der Waals surface area contributed by atoms with E-state index in [-0.39, 0.29) is 0 Å². The Balaban J connectivity index is 1.96. The Morgan fingerprint density at radius 3 is 2.20 bits per heavy atom. The van der Waals surface area contributed by atoms with Gasteiger partial charge in [0.15, 0.2) is 0 Å². The summed E-state index contributed by atoms with van der Waals surface area (Å²) in [5, 5.41) is 3.93. The lowest BCUT2D eigenvalue weighted by Gasteiger charge is -2.27. The van der Waals surface area contributed by atoms with Crippen molar-refractivity contribution in [3.63, 3.8) is 0 Å². The summed E-state index contributed by atoms with van der Waals surface area (Å²) in [4.78, 5) is 0. The molecule has 3 aromatic carbocycles. The number of halogens is 1. The number of para-hydroxylation sites is 2. The Bertz CT molecular complexity index is 871. The molecular formula is C20H19ClNO2P. The second-order valence-corrected chi connectivity index (χ2v) is 8.73. The SMILES string of the molecule is CP(=O)(Oc1ccccc1)C(Nc1ccccc1)c1cccc(Cl)c1. The first kappa shape index (κ1) is 17.6.